The number of carbonyl (C=O) groups excluding carboxylic acids is 1. The molecule has 4 rings (SSSR count). The van der Waals surface area contributed by atoms with Gasteiger partial charge in [-0.25, -0.2) is 0 Å². The molecule has 0 radical (unpaired) electrons. The van der Waals surface area contributed by atoms with Gasteiger partial charge in [0.15, 0.2) is 0 Å². The zero-order valence-corrected chi connectivity index (χ0v) is 20.0. The Morgan fingerprint density at radius 3 is 2.06 bits per heavy atom. The summed E-state index contributed by atoms with van der Waals surface area (Å²) in [6, 6.07) is 10.9. The van der Waals surface area contributed by atoms with Crippen LogP contribution in [-0.2, 0) is 27.4 Å². The summed E-state index contributed by atoms with van der Waals surface area (Å²) >= 11 is 0. The number of rotatable bonds is 5. The molecule has 2 saturated heterocycles. The van der Waals surface area contributed by atoms with E-state index in [2.05, 4.69) is 5.32 Å². The van der Waals surface area contributed by atoms with E-state index in [9.17, 15) is 31.1 Å². The topological polar surface area (TPSA) is 41.6 Å². The highest BCUT2D eigenvalue weighted by atomic mass is 19.4. The molecule has 3 atom stereocenters. The minimum Gasteiger partial charge on any atom is -0.372 e. The minimum atomic E-state index is -4.93. The number of carbonyl (C=O) groups is 1. The van der Waals surface area contributed by atoms with Crippen molar-refractivity contribution in [2.24, 2.45) is 0 Å². The predicted octanol–water partition coefficient (Wildman–Crippen LogP) is 6.07. The molecule has 10 heteroatoms. The smallest absolute Gasteiger partial charge is 0.372 e. The second kappa shape index (κ2) is 9.37. The number of alkyl halides is 6. The number of hydrogen-bond acceptors (Lipinski definition) is 3. The van der Waals surface area contributed by atoms with Crippen LogP contribution in [-0.4, -0.2) is 36.5 Å². The fourth-order valence-electron chi connectivity index (χ4n) is 5.18. The molecule has 2 aromatic rings. The predicted molar refractivity (Wildman–Crippen MR) is 121 cm³/mol. The van der Waals surface area contributed by atoms with Gasteiger partial charge in [-0.1, -0.05) is 30.3 Å². The monoisotopic (exact) mass is 514 g/mol. The summed E-state index contributed by atoms with van der Waals surface area (Å²) in [7, 11) is 1.79. The van der Waals surface area contributed by atoms with Crippen LogP contribution in [0.4, 0.5) is 26.3 Å². The van der Waals surface area contributed by atoms with E-state index < -0.39 is 35.1 Å². The second-order valence-corrected chi connectivity index (χ2v) is 9.77. The van der Waals surface area contributed by atoms with Gasteiger partial charge in [0.25, 0.3) is 0 Å². The number of ether oxygens (including phenoxy) is 1. The SMILES string of the molecule is C[C@@H](OC[C@@]1(c2ccccc2)CCC2(CCC(=O)N2C)CN1)c1cc(C(F)(F)F)cc(C(F)(F)F)c1. The molecule has 4 nitrogen and oxygen atoms in total. The summed E-state index contributed by atoms with van der Waals surface area (Å²) in [6.45, 7) is 1.98. The lowest BCUT2D eigenvalue weighted by atomic mass is 9.75. The van der Waals surface area contributed by atoms with Crippen LogP contribution in [0.25, 0.3) is 0 Å². The third-order valence-electron chi connectivity index (χ3n) is 7.65. The number of likely N-dealkylation sites (N-methyl/N-ethyl adjacent to an activating group) is 1. The number of halogens is 6. The Labute approximate surface area is 205 Å². The molecule has 1 amide bonds. The highest BCUT2D eigenvalue weighted by Crippen LogP contribution is 2.43. The molecule has 2 heterocycles. The lowest BCUT2D eigenvalue weighted by molar-refractivity contribution is -0.143. The van der Waals surface area contributed by atoms with Gasteiger partial charge in [0.05, 0.1) is 34.9 Å². The molecule has 2 aliphatic rings. The molecule has 0 aliphatic carbocycles. The van der Waals surface area contributed by atoms with E-state index in [0.29, 0.717) is 37.9 Å². The van der Waals surface area contributed by atoms with Gasteiger partial charge in [-0.15, -0.1) is 0 Å². The van der Waals surface area contributed by atoms with E-state index in [-0.39, 0.29) is 29.7 Å². The third kappa shape index (κ3) is 5.11. The van der Waals surface area contributed by atoms with Crippen LogP contribution in [0.15, 0.2) is 48.5 Å². The summed E-state index contributed by atoms with van der Waals surface area (Å²) in [4.78, 5) is 13.9. The van der Waals surface area contributed by atoms with E-state index in [1.165, 1.54) is 6.92 Å². The van der Waals surface area contributed by atoms with Crippen LogP contribution < -0.4 is 5.32 Å². The number of hydrogen-bond donors (Lipinski definition) is 1. The van der Waals surface area contributed by atoms with E-state index in [4.69, 9.17) is 4.74 Å². The number of nitrogens with zero attached hydrogens (tertiary/aromatic N) is 1. The maximum Gasteiger partial charge on any atom is 0.416 e. The van der Waals surface area contributed by atoms with Crippen LogP contribution in [0.5, 0.6) is 0 Å². The number of piperidine rings is 1. The lowest BCUT2D eigenvalue weighted by Crippen LogP contribution is -2.62. The molecule has 1 N–H and O–H groups in total. The van der Waals surface area contributed by atoms with Crippen molar-refractivity contribution in [2.45, 2.75) is 62.1 Å². The van der Waals surface area contributed by atoms with Crippen LogP contribution in [0.1, 0.15) is 61.0 Å². The molecule has 0 saturated carbocycles. The summed E-state index contributed by atoms with van der Waals surface area (Å²) < 4.78 is 85.9. The average Bonchev–Trinajstić information content (AvgIpc) is 3.11. The molecular weight excluding hydrogens is 486 g/mol. The molecule has 2 fully saturated rings. The van der Waals surface area contributed by atoms with Gasteiger partial charge >= 0.3 is 12.4 Å². The van der Waals surface area contributed by atoms with E-state index >= 15 is 0 Å². The van der Waals surface area contributed by atoms with Gasteiger partial charge < -0.3 is 15.0 Å². The first-order valence-electron chi connectivity index (χ1n) is 11.7. The van der Waals surface area contributed by atoms with Crippen molar-refractivity contribution in [3.63, 3.8) is 0 Å². The van der Waals surface area contributed by atoms with Gasteiger partial charge in [-0.3, -0.25) is 4.79 Å². The average molecular weight is 515 g/mol. The number of likely N-dealkylation sites (tertiary alicyclic amines) is 1. The van der Waals surface area contributed by atoms with E-state index in [1.807, 2.05) is 30.3 Å². The van der Waals surface area contributed by atoms with Gasteiger partial charge in [-0.05, 0) is 55.5 Å². The first-order chi connectivity index (χ1) is 16.8. The van der Waals surface area contributed by atoms with Gasteiger partial charge in [0.1, 0.15) is 0 Å². The van der Waals surface area contributed by atoms with E-state index in [1.54, 1.807) is 11.9 Å². The van der Waals surface area contributed by atoms with Crippen molar-refractivity contribution in [2.75, 3.05) is 20.2 Å². The van der Waals surface area contributed by atoms with Gasteiger partial charge in [0, 0.05) is 20.0 Å². The van der Waals surface area contributed by atoms with Crippen molar-refractivity contribution in [3.8, 4) is 0 Å². The molecule has 2 aliphatic heterocycles. The Bertz CT molecular complexity index is 1060. The van der Waals surface area contributed by atoms with Crippen LogP contribution >= 0.6 is 0 Å². The first kappa shape index (κ1) is 26.5. The third-order valence-corrected chi connectivity index (χ3v) is 7.65. The van der Waals surface area contributed by atoms with E-state index in [0.717, 1.165) is 12.0 Å². The van der Waals surface area contributed by atoms with Crippen molar-refractivity contribution in [1.82, 2.24) is 10.2 Å². The van der Waals surface area contributed by atoms with Crippen LogP contribution in [0, 0.1) is 0 Å². The molecular formula is C26H28F6N2O2. The Hall–Kier alpha value is -2.59. The van der Waals surface area contributed by atoms with Crippen molar-refractivity contribution >= 4 is 5.91 Å². The largest absolute Gasteiger partial charge is 0.416 e. The van der Waals surface area contributed by atoms with Crippen molar-refractivity contribution < 1.29 is 35.9 Å². The first-order valence-corrected chi connectivity index (χ1v) is 11.7. The minimum absolute atomic E-state index is 0.0313. The van der Waals surface area contributed by atoms with Crippen LogP contribution in [0.3, 0.4) is 0 Å². The quantitative estimate of drug-likeness (QED) is 0.493. The number of benzene rings is 2. The molecule has 1 unspecified atom stereocenters. The van der Waals surface area contributed by atoms with Crippen LogP contribution in [0.2, 0.25) is 0 Å². The lowest BCUT2D eigenvalue weighted by Gasteiger charge is -2.49. The standard InChI is InChI=1S/C26H28F6N2O2/c1-17(18-12-20(25(27,28)29)14-21(13-18)26(30,31)32)36-16-24(19-6-4-3-5-7-19)11-10-23(15-33-24)9-8-22(35)34(23)2/h3-7,12-14,17,33H,8-11,15-16H2,1-2H3/t17-,23?,24-/m1/s1. The highest BCUT2D eigenvalue weighted by molar-refractivity contribution is 5.79. The summed E-state index contributed by atoms with van der Waals surface area (Å²) in [5.74, 6) is 0.0823. The fraction of sp³-hybridized carbons (Fsp3) is 0.500. The summed E-state index contributed by atoms with van der Waals surface area (Å²) in [6.07, 6.45) is -8.41. The Morgan fingerprint density at radius 1 is 0.972 bits per heavy atom. The molecule has 196 valence electrons. The Balaban J connectivity index is 1.59. The van der Waals surface area contributed by atoms with Crippen molar-refractivity contribution in [3.05, 3.63) is 70.8 Å². The van der Waals surface area contributed by atoms with Crippen molar-refractivity contribution in [1.29, 1.82) is 0 Å². The molecule has 1 spiro atoms. The summed E-state index contributed by atoms with van der Waals surface area (Å²) in [5, 5.41) is 3.53. The maximum absolute atomic E-state index is 13.3. The highest BCUT2D eigenvalue weighted by Gasteiger charge is 2.50. The molecule has 2 aromatic carbocycles. The number of nitrogens with one attached hydrogen (secondary N) is 1. The number of amides is 1. The Kier molecular flexibility index (Phi) is 6.89. The zero-order valence-electron chi connectivity index (χ0n) is 20.0. The van der Waals surface area contributed by atoms with Gasteiger partial charge in [0.2, 0.25) is 5.91 Å². The molecule has 0 bridgehead atoms. The maximum atomic E-state index is 13.3. The fourth-order valence-corrected chi connectivity index (χ4v) is 5.18. The second-order valence-electron chi connectivity index (χ2n) is 9.77. The van der Waals surface area contributed by atoms with Gasteiger partial charge in [-0.2, -0.15) is 26.3 Å². The molecule has 0 aromatic heterocycles. The molecule has 36 heavy (non-hydrogen) atoms. The Morgan fingerprint density at radius 2 is 1.58 bits per heavy atom. The zero-order chi connectivity index (χ0) is 26.4. The normalized spacial score (nSPS) is 26.0. The summed E-state index contributed by atoms with van der Waals surface area (Å²) in [5.41, 5.74) is -3.06.